The summed E-state index contributed by atoms with van der Waals surface area (Å²) in [7, 11) is 0. The van der Waals surface area contributed by atoms with Crippen molar-refractivity contribution >= 4 is 23.6 Å². The Balaban J connectivity index is 2.22. The number of hydrogen-bond acceptors (Lipinski definition) is 7. The maximum absolute atomic E-state index is 11.3. The lowest BCUT2D eigenvalue weighted by Crippen LogP contribution is -2.20. The van der Waals surface area contributed by atoms with E-state index in [-0.39, 0.29) is 11.4 Å². The Hall–Kier alpha value is -2.49. The quantitative estimate of drug-likeness (QED) is 0.488. The third-order valence-electron chi connectivity index (χ3n) is 2.37. The molecular formula is C12H10N4O4S. The van der Waals surface area contributed by atoms with Crippen molar-refractivity contribution in [2.24, 2.45) is 0 Å². The van der Waals surface area contributed by atoms with Crippen molar-refractivity contribution in [1.82, 2.24) is 20.9 Å². The first kappa shape index (κ1) is 14.9. The van der Waals surface area contributed by atoms with Crippen LogP contribution in [0.1, 0.15) is 21.0 Å². The molecule has 0 aromatic carbocycles. The molecule has 0 aliphatic rings. The monoisotopic (exact) mass is 306 g/mol. The van der Waals surface area contributed by atoms with E-state index in [0.29, 0.717) is 9.79 Å². The summed E-state index contributed by atoms with van der Waals surface area (Å²) in [5.41, 5.74) is 3.13. The molecule has 0 fully saturated rings. The zero-order valence-electron chi connectivity index (χ0n) is 10.5. The van der Waals surface area contributed by atoms with Gasteiger partial charge in [0.15, 0.2) is 0 Å². The molecular weight excluding hydrogens is 296 g/mol. The Morgan fingerprint density at radius 3 is 1.71 bits per heavy atom. The highest BCUT2D eigenvalue weighted by Crippen LogP contribution is 2.27. The molecule has 2 aromatic rings. The van der Waals surface area contributed by atoms with E-state index in [1.54, 1.807) is 12.1 Å². The van der Waals surface area contributed by atoms with E-state index in [1.807, 2.05) is 0 Å². The molecule has 2 aromatic heterocycles. The molecule has 0 aliphatic heterocycles. The second-order valence-corrected chi connectivity index (χ2v) is 4.88. The van der Waals surface area contributed by atoms with E-state index in [9.17, 15) is 9.59 Å². The van der Waals surface area contributed by atoms with Gasteiger partial charge in [-0.15, -0.1) is 0 Å². The van der Waals surface area contributed by atoms with Gasteiger partial charge in [-0.2, -0.15) is 0 Å². The summed E-state index contributed by atoms with van der Waals surface area (Å²) in [6, 6.07) is 6.32. The highest BCUT2D eigenvalue weighted by molar-refractivity contribution is 7.99. The zero-order valence-corrected chi connectivity index (χ0v) is 11.3. The van der Waals surface area contributed by atoms with Gasteiger partial charge in [-0.25, -0.2) is 11.0 Å². The largest absolute Gasteiger partial charge is 0.293 e. The third kappa shape index (κ3) is 3.75. The molecule has 2 heterocycles. The van der Waals surface area contributed by atoms with Gasteiger partial charge in [-0.05, 0) is 24.3 Å². The fourth-order valence-corrected chi connectivity index (χ4v) is 2.32. The standard InChI is InChI=1S/C12H10N4O4S/c17-11(15-19)9-5-7(1-3-13-9)21-8-2-4-14-10(6-8)12(18)16-20/h1-6,19-20H,(H,15,17)(H,16,18). The van der Waals surface area contributed by atoms with Gasteiger partial charge in [0.1, 0.15) is 11.4 Å². The second kappa shape index (κ2) is 6.79. The van der Waals surface area contributed by atoms with Crippen molar-refractivity contribution < 1.29 is 20.0 Å². The van der Waals surface area contributed by atoms with Gasteiger partial charge in [-0.1, -0.05) is 11.8 Å². The zero-order chi connectivity index (χ0) is 15.2. The van der Waals surface area contributed by atoms with Crippen molar-refractivity contribution in [3.63, 3.8) is 0 Å². The van der Waals surface area contributed by atoms with Gasteiger partial charge >= 0.3 is 0 Å². The smallest absolute Gasteiger partial charge is 0.288 e. The average Bonchev–Trinajstić information content (AvgIpc) is 2.53. The molecule has 0 spiro atoms. The number of carbonyl (C=O) groups is 2. The molecule has 108 valence electrons. The number of hydroxylamine groups is 2. The molecule has 0 saturated carbocycles. The number of pyridine rings is 2. The van der Waals surface area contributed by atoms with Crippen LogP contribution in [0.25, 0.3) is 0 Å². The first-order chi connectivity index (χ1) is 10.1. The van der Waals surface area contributed by atoms with Crippen LogP contribution in [0.15, 0.2) is 46.5 Å². The van der Waals surface area contributed by atoms with E-state index in [4.69, 9.17) is 10.4 Å². The molecule has 9 heteroatoms. The molecule has 8 nitrogen and oxygen atoms in total. The van der Waals surface area contributed by atoms with Crippen LogP contribution in [0.4, 0.5) is 0 Å². The first-order valence-corrected chi connectivity index (χ1v) is 6.44. The predicted molar refractivity (Wildman–Crippen MR) is 71.1 cm³/mol. The molecule has 0 saturated heterocycles. The van der Waals surface area contributed by atoms with Gasteiger partial charge in [0.2, 0.25) is 0 Å². The Morgan fingerprint density at radius 1 is 0.905 bits per heavy atom. The van der Waals surface area contributed by atoms with E-state index < -0.39 is 11.8 Å². The van der Waals surface area contributed by atoms with Crippen LogP contribution in [0, 0.1) is 0 Å². The number of rotatable bonds is 4. The number of nitrogens with one attached hydrogen (secondary N) is 2. The summed E-state index contributed by atoms with van der Waals surface area (Å²) in [4.78, 5) is 31.6. The van der Waals surface area contributed by atoms with Crippen molar-refractivity contribution in [3.8, 4) is 0 Å². The molecule has 0 radical (unpaired) electrons. The first-order valence-electron chi connectivity index (χ1n) is 5.63. The minimum absolute atomic E-state index is 0.0601. The lowest BCUT2D eigenvalue weighted by atomic mass is 10.3. The summed E-state index contributed by atoms with van der Waals surface area (Å²) < 4.78 is 0. The van der Waals surface area contributed by atoms with Gasteiger partial charge in [0.05, 0.1) is 0 Å². The summed E-state index contributed by atoms with van der Waals surface area (Å²) in [5, 5.41) is 17.1. The second-order valence-electron chi connectivity index (χ2n) is 3.74. The van der Waals surface area contributed by atoms with Crippen molar-refractivity contribution in [2.45, 2.75) is 9.79 Å². The van der Waals surface area contributed by atoms with Crippen LogP contribution in [-0.4, -0.2) is 32.2 Å². The molecule has 0 unspecified atom stereocenters. The summed E-state index contributed by atoms with van der Waals surface area (Å²) in [6.45, 7) is 0. The van der Waals surface area contributed by atoms with Gasteiger partial charge in [0, 0.05) is 22.2 Å². The van der Waals surface area contributed by atoms with E-state index in [0.717, 1.165) is 0 Å². The minimum Gasteiger partial charge on any atom is -0.288 e. The highest BCUT2D eigenvalue weighted by atomic mass is 32.2. The number of hydrogen-bond donors (Lipinski definition) is 4. The highest BCUT2D eigenvalue weighted by Gasteiger charge is 2.09. The minimum atomic E-state index is -0.715. The van der Waals surface area contributed by atoms with E-state index in [2.05, 4.69) is 9.97 Å². The number of aromatic nitrogens is 2. The number of carbonyl (C=O) groups excluding carboxylic acids is 2. The summed E-state index contributed by atoms with van der Waals surface area (Å²) in [6.07, 6.45) is 2.85. The van der Waals surface area contributed by atoms with Crippen molar-refractivity contribution in [2.75, 3.05) is 0 Å². The van der Waals surface area contributed by atoms with Crippen LogP contribution in [-0.2, 0) is 0 Å². The Bertz CT molecular complexity index is 622. The predicted octanol–water partition coefficient (Wildman–Crippen LogP) is 0.866. The maximum Gasteiger partial charge on any atom is 0.293 e. The molecule has 0 bridgehead atoms. The van der Waals surface area contributed by atoms with Crippen LogP contribution in [0.3, 0.4) is 0 Å². The average molecular weight is 306 g/mol. The third-order valence-corrected chi connectivity index (χ3v) is 3.35. The molecule has 2 amide bonds. The van der Waals surface area contributed by atoms with Crippen LogP contribution in [0.5, 0.6) is 0 Å². The Kier molecular flexibility index (Phi) is 4.82. The number of amides is 2. The fraction of sp³-hybridized carbons (Fsp3) is 0. The van der Waals surface area contributed by atoms with E-state index >= 15 is 0 Å². The molecule has 21 heavy (non-hydrogen) atoms. The molecule has 0 aliphatic carbocycles. The van der Waals surface area contributed by atoms with Crippen LogP contribution >= 0.6 is 11.8 Å². The maximum atomic E-state index is 11.3. The van der Waals surface area contributed by atoms with Crippen molar-refractivity contribution in [1.29, 1.82) is 0 Å². The van der Waals surface area contributed by atoms with Gasteiger partial charge in [-0.3, -0.25) is 30.0 Å². The SMILES string of the molecule is O=C(NO)c1cc(Sc2ccnc(C(=O)NO)c2)ccn1. The number of nitrogens with zero attached hydrogens (tertiary/aromatic N) is 2. The lowest BCUT2D eigenvalue weighted by molar-refractivity contribution is 0.0696. The van der Waals surface area contributed by atoms with Crippen molar-refractivity contribution in [3.05, 3.63) is 48.0 Å². The van der Waals surface area contributed by atoms with Gasteiger partial charge in [0.25, 0.3) is 11.8 Å². The summed E-state index contributed by atoms with van der Waals surface area (Å²) in [5.74, 6) is -1.43. The Morgan fingerprint density at radius 2 is 1.33 bits per heavy atom. The molecule has 0 atom stereocenters. The fourth-order valence-electron chi connectivity index (χ4n) is 1.45. The molecule has 2 rings (SSSR count). The van der Waals surface area contributed by atoms with E-state index in [1.165, 1.54) is 47.2 Å². The van der Waals surface area contributed by atoms with Gasteiger partial charge < -0.3 is 0 Å². The topological polar surface area (TPSA) is 124 Å². The molecule has 4 N–H and O–H groups in total. The van der Waals surface area contributed by atoms with Crippen LogP contribution < -0.4 is 11.0 Å². The Labute approximate surface area is 123 Å². The normalized spacial score (nSPS) is 10.0. The summed E-state index contributed by atoms with van der Waals surface area (Å²) >= 11 is 1.27. The lowest BCUT2D eigenvalue weighted by Gasteiger charge is -2.04. The van der Waals surface area contributed by atoms with Crippen LogP contribution in [0.2, 0.25) is 0 Å².